The number of carbonyl (C=O) groups is 1. The van der Waals surface area contributed by atoms with Crippen molar-refractivity contribution in [1.29, 1.82) is 0 Å². The van der Waals surface area contributed by atoms with Crippen LogP contribution in [0.15, 0.2) is 30.3 Å². The lowest BCUT2D eigenvalue weighted by Gasteiger charge is -2.10. The number of nitrogens with two attached hydrogens (primary N) is 1. The average molecular weight is 163 g/mol. The standard InChI is InChI=1S/C9H10N2O/c10-9(12)11(6-7-11)8-4-2-1-3-5-8/h1-5H,6-7H2,(H-,10,12)/p+1. The van der Waals surface area contributed by atoms with Gasteiger partial charge in [-0.1, -0.05) is 18.2 Å². The van der Waals surface area contributed by atoms with Crippen LogP contribution in [0.25, 0.3) is 0 Å². The lowest BCUT2D eigenvalue weighted by atomic mass is 10.3. The zero-order chi connectivity index (χ0) is 8.60. The summed E-state index contributed by atoms with van der Waals surface area (Å²) in [5.74, 6) is 0. The van der Waals surface area contributed by atoms with Crippen LogP contribution in [-0.4, -0.2) is 19.1 Å². The molecule has 0 saturated carbocycles. The van der Waals surface area contributed by atoms with Crippen LogP contribution in [-0.2, 0) is 0 Å². The van der Waals surface area contributed by atoms with E-state index >= 15 is 0 Å². The van der Waals surface area contributed by atoms with Crippen molar-refractivity contribution in [2.24, 2.45) is 5.73 Å². The summed E-state index contributed by atoms with van der Waals surface area (Å²) < 4.78 is 0.334. The van der Waals surface area contributed by atoms with Crippen LogP contribution >= 0.6 is 0 Å². The Bertz CT molecular complexity index is 304. The topological polar surface area (TPSA) is 43.1 Å². The van der Waals surface area contributed by atoms with E-state index in [-0.39, 0.29) is 6.03 Å². The molecule has 1 aromatic carbocycles. The van der Waals surface area contributed by atoms with E-state index in [9.17, 15) is 4.79 Å². The van der Waals surface area contributed by atoms with Crippen molar-refractivity contribution in [3.05, 3.63) is 30.3 Å². The molecule has 62 valence electrons. The summed E-state index contributed by atoms with van der Waals surface area (Å²) in [6.45, 7) is 1.69. The normalized spacial score (nSPS) is 18.7. The molecule has 0 unspecified atom stereocenters. The number of urea groups is 1. The van der Waals surface area contributed by atoms with Gasteiger partial charge in [-0.3, -0.25) is 0 Å². The van der Waals surface area contributed by atoms with Gasteiger partial charge in [0.2, 0.25) is 0 Å². The summed E-state index contributed by atoms with van der Waals surface area (Å²) >= 11 is 0. The largest absolute Gasteiger partial charge is 0.419 e. The third-order valence-corrected chi connectivity index (χ3v) is 2.34. The second kappa shape index (κ2) is 2.32. The minimum Gasteiger partial charge on any atom is -0.319 e. The highest BCUT2D eigenvalue weighted by Crippen LogP contribution is 2.30. The first-order valence-electron chi connectivity index (χ1n) is 3.98. The predicted octanol–water partition coefficient (Wildman–Crippen LogP) is 1.09. The first-order chi connectivity index (χ1) is 5.76. The van der Waals surface area contributed by atoms with Crippen molar-refractivity contribution < 1.29 is 4.79 Å². The zero-order valence-electron chi connectivity index (χ0n) is 6.73. The number of nitrogens with zero attached hydrogens (tertiary/aromatic N) is 1. The molecule has 2 amide bonds. The van der Waals surface area contributed by atoms with E-state index < -0.39 is 0 Å². The molecule has 12 heavy (non-hydrogen) atoms. The third kappa shape index (κ3) is 0.905. The fraction of sp³-hybridized carbons (Fsp3) is 0.222. The molecule has 0 bridgehead atoms. The fourth-order valence-electron chi connectivity index (χ4n) is 1.42. The Morgan fingerprint density at radius 2 is 1.83 bits per heavy atom. The van der Waals surface area contributed by atoms with Crippen molar-refractivity contribution in [2.75, 3.05) is 13.1 Å². The first kappa shape index (κ1) is 7.31. The van der Waals surface area contributed by atoms with Gasteiger partial charge in [0.15, 0.2) is 0 Å². The Morgan fingerprint density at radius 3 is 2.25 bits per heavy atom. The highest BCUT2D eigenvalue weighted by molar-refractivity contribution is 5.88. The number of para-hydroxylation sites is 1. The Balaban J connectivity index is 2.37. The third-order valence-electron chi connectivity index (χ3n) is 2.34. The van der Waals surface area contributed by atoms with Crippen molar-refractivity contribution in [3.63, 3.8) is 0 Å². The van der Waals surface area contributed by atoms with Crippen LogP contribution in [0.4, 0.5) is 10.5 Å². The van der Waals surface area contributed by atoms with Gasteiger partial charge in [0.05, 0.1) is 0 Å². The van der Waals surface area contributed by atoms with E-state index in [1.807, 2.05) is 30.3 Å². The summed E-state index contributed by atoms with van der Waals surface area (Å²) in [4.78, 5) is 11.1. The van der Waals surface area contributed by atoms with Crippen LogP contribution in [0, 0.1) is 0 Å². The van der Waals surface area contributed by atoms with Gasteiger partial charge in [-0.2, -0.15) is 4.48 Å². The number of hydrogen-bond donors (Lipinski definition) is 1. The van der Waals surface area contributed by atoms with Gasteiger partial charge < -0.3 is 5.73 Å². The number of quaternary nitrogens is 1. The molecule has 2 rings (SSSR count). The van der Waals surface area contributed by atoms with Crippen LogP contribution in [0.5, 0.6) is 0 Å². The average Bonchev–Trinajstić information content (AvgIpc) is 2.86. The Labute approximate surface area is 71.0 Å². The fourth-order valence-corrected chi connectivity index (χ4v) is 1.42. The molecule has 0 aliphatic carbocycles. The molecule has 1 fully saturated rings. The summed E-state index contributed by atoms with van der Waals surface area (Å²) in [6, 6.07) is 9.42. The van der Waals surface area contributed by atoms with Crippen LogP contribution in [0.3, 0.4) is 0 Å². The van der Waals surface area contributed by atoms with Crippen LogP contribution in [0.2, 0.25) is 0 Å². The van der Waals surface area contributed by atoms with Crippen molar-refractivity contribution in [3.8, 4) is 0 Å². The molecule has 3 heteroatoms. The minimum absolute atomic E-state index is 0.249. The Morgan fingerprint density at radius 1 is 1.25 bits per heavy atom. The van der Waals surface area contributed by atoms with Crippen molar-refractivity contribution >= 4 is 11.7 Å². The molecule has 1 heterocycles. The number of primary amides is 1. The highest BCUT2D eigenvalue weighted by atomic mass is 16.2. The van der Waals surface area contributed by atoms with Crippen LogP contribution in [0.1, 0.15) is 0 Å². The monoisotopic (exact) mass is 163 g/mol. The molecule has 1 aliphatic heterocycles. The second-order valence-electron chi connectivity index (χ2n) is 3.09. The number of benzene rings is 1. The first-order valence-corrected chi connectivity index (χ1v) is 3.98. The van der Waals surface area contributed by atoms with Gasteiger partial charge in [0.25, 0.3) is 0 Å². The van der Waals surface area contributed by atoms with Crippen molar-refractivity contribution in [1.82, 2.24) is 4.48 Å². The van der Waals surface area contributed by atoms with E-state index in [4.69, 9.17) is 5.73 Å². The van der Waals surface area contributed by atoms with E-state index in [0.29, 0.717) is 4.48 Å². The molecule has 1 aromatic rings. The van der Waals surface area contributed by atoms with E-state index in [1.54, 1.807) is 0 Å². The maximum absolute atomic E-state index is 11.1. The Hall–Kier alpha value is -1.35. The van der Waals surface area contributed by atoms with Gasteiger partial charge in [-0.15, -0.1) is 0 Å². The van der Waals surface area contributed by atoms with Gasteiger partial charge in [0.1, 0.15) is 18.8 Å². The van der Waals surface area contributed by atoms with Crippen molar-refractivity contribution in [2.45, 2.75) is 0 Å². The second-order valence-corrected chi connectivity index (χ2v) is 3.09. The van der Waals surface area contributed by atoms with E-state index in [0.717, 1.165) is 18.8 Å². The molecule has 1 aliphatic rings. The summed E-state index contributed by atoms with van der Waals surface area (Å²) in [6.07, 6.45) is 0. The summed E-state index contributed by atoms with van der Waals surface area (Å²) in [7, 11) is 0. The maximum Gasteiger partial charge on any atom is 0.419 e. The maximum atomic E-state index is 11.1. The number of hydrogen-bond acceptors (Lipinski definition) is 1. The molecule has 2 N–H and O–H groups in total. The minimum atomic E-state index is -0.249. The SMILES string of the molecule is NC(=O)[N+]1(c2ccccc2)CC1. The van der Waals surface area contributed by atoms with Gasteiger partial charge in [0, 0.05) is 0 Å². The molecule has 1 saturated heterocycles. The van der Waals surface area contributed by atoms with Gasteiger partial charge in [-0.05, 0) is 12.1 Å². The number of rotatable bonds is 1. The number of amides is 2. The van der Waals surface area contributed by atoms with E-state index in [1.165, 1.54) is 0 Å². The molecule has 3 nitrogen and oxygen atoms in total. The van der Waals surface area contributed by atoms with Gasteiger partial charge in [-0.25, -0.2) is 4.79 Å². The Kier molecular flexibility index (Phi) is 1.41. The zero-order valence-corrected chi connectivity index (χ0v) is 6.73. The quantitative estimate of drug-likeness (QED) is 0.488. The summed E-state index contributed by atoms with van der Waals surface area (Å²) in [5, 5.41) is 0. The molecule has 0 aromatic heterocycles. The highest BCUT2D eigenvalue weighted by Gasteiger charge is 2.50. The lowest BCUT2D eigenvalue weighted by molar-refractivity contribution is 0.238. The molecule has 0 radical (unpaired) electrons. The summed E-state index contributed by atoms with van der Waals surface area (Å²) in [5.41, 5.74) is 6.30. The molecular weight excluding hydrogens is 152 g/mol. The smallest absolute Gasteiger partial charge is 0.319 e. The van der Waals surface area contributed by atoms with Gasteiger partial charge >= 0.3 is 6.03 Å². The molecule has 0 atom stereocenters. The molecule has 0 spiro atoms. The van der Waals surface area contributed by atoms with Crippen LogP contribution < -0.4 is 10.2 Å². The lowest BCUT2D eigenvalue weighted by Crippen LogP contribution is -2.39. The predicted molar refractivity (Wildman–Crippen MR) is 47.6 cm³/mol. The van der Waals surface area contributed by atoms with E-state index in [2.05, 4.69) is 0 Å². The number of carbonyl (C=O) groups excluding carboxylic acids is 1. The molecular formula is C9H11N2O+.